The van der Waals surface area contributed by atoms with E-state index in [9.17, 15) is 9.59 Å². The average Bonchev–Trinajstić information content (AvgIpc) is 3.05. The van der Waals surface area contributed by atoms with Crippen molar-refractivity contribution in [1.82, 2.24) is 25.3 Å². The lowest BCUT2D eigenvalue weighted by Gasteiger charge is -2.35. The maximum absolute atomic E-state index is 12.1. The van der Waals surface area contributed by atoms with Gasteiger partial charge in [0.05, 0.1) is 6.04 Å². The van der Waals surface area contributed by atoms with Crippen molar-refractivity contribution in [3.05, 3.63) is 10.0 Å². The molecule has 21 heavy (non-hydrogen) atoms. The summed E-state index contributed by atoms with van der Waals surface area (Å²) in [5.74, 6) is 0. The molecule has 0 unspecified atom stereocenters. The molecule has 8 nitrogen and oxygen atoms in total. The number of amides is 3. The number of aryl methyl sites for hydroxylation is 1. The Kier molecular flexibility index (Phi) is 3.91. The molecule has 3 heterocycles. The first-order chi connectivity index (χ1) is 10.1. The molecule has 3 amide bonds. The third-order valence-corrected chi connectivity index (χ3v) is 4.49. The Morgan fingerprint density at radius 3 is 3.10 bits per heavy atom. The van der Waals surface area contributed by atoms with Gasteiger partial charge in [0, 0.05) is 32.6 Å². The van der Waals surface area contributed by atoms with E-state index in [2.05, 4.69) is 15.5 Å². The highest BCUT2D eigenvalue weighted by atomic mass is 32.1. The highest BCUT2D eigenvalue weighted by molar-refractivity contribution is 7.11. The van der Waals surface area contributed by atoms with Crippen molar-refractivity contribution in [2.45, 2.75) is 19.4 Å². The standard InChI is InChI=1S/C12H17N5O3S/c1-8-14-15-10(21-8)2-3-13-11(18)16-4-5-17-9(6-16)7-20-12(17)19/h9H,2-7H2,1H3,(H,13,18)/t9-/m0/s1. The zero-order chi connectivity index (χ0) is 14.8. The number of cyclic esters (lactones) is 1. The van der Waals surface area contributed by atoms with Crippen molar-refractivity contribution in [3.63, 3.8) is 0 Å². The number of ether oxygens (including phenoxy) is 1. The molecule has 1 aromatic rings. The summed E-state index contributed by atoms with van der Waals surface area (Å²) >= 11 is 1.54. The normalized spacial score (nSPS) is 21.2. The van der Waals surface area contributed by atoms with Gasteiger partial charge in [-0.2, -0.15) is 0 Å². The average molecular weight is 311 g/mol. The number of nitrogens with zero attached hydrogens (tertiary/aromatic N) is 4. The topological polar surface area (TPSA) is 87.7 Å². The second-order valence-corrected chi connectivity index (χ2v) is 6.33. The van der Waals surface area contributed by atoms with Crippen LogP contribution in [0.3, 0.4) is 0 Å². The molecule has 1 aromatic heterocycles. The number of piperazine rings is 1. The van der Waals surface area contributed by atoms with Crippen LogP contribution in [0.25, 0.3) is 0 Å². The lowest BCUT2D eigenvalue weighted by molar-refractivity contribution is 0.127. The van der Waals surface area contributed by atoms with Crippen LogP contribution in [0.2, 0.25) is 0 Å². The maximum atomic E-state index is 12.1. The Morgan fingerprint density at radius 2 is 2.33 bits per heavy atom. The Morgan fingerprint density at radius 1 is 1.48 bits per heavy atom. The van der Waals surface area contributed by atoms with E-state index in [4.69, 9.17) is 4.74 Å². The summed E-state index contributed by atoms with van der Waals surface area (Å²) in [6.07, 6.45) is 0.411. The van der Waals surface area contributed by atoms with Crippen molar-refractivity contribution in [2.24, 2.45) is 0 Å². The summed E-state index contributed by atoms with van der Waals surface area (Å²) in [5, 5.41) is 12.7. The largest absolute Gasteiger partial charge is 0.447 e. The number of fused-ring (bicyclic) bond motifs is 1. The van der Waals surface area contributed by atoms with Crippen molar-refractivity contribution < 1.29 is 14.3 Å². The molecule has 0 bridgehead atoms. The molecule has 2 aliphatic heterocycles. The number of urea groups is 1. The van der Waals surface area contributed by atoms with Gasteiger partial charge in [-0.3, -0.25) is 4.90 Å². The lowest BCUT2D eigenvalue weighted by atomic mass is 10.2. The Bertz CT molecular complexity index is 549. The van der Waals surface area contributed by atoms with Crippen LogP contribution in [0.5, 0.6) is 0 Å². The molecular formula is C12H17N5O3S. The summed E-state index contributed by atoms with van der Waals surface area (Å²) in [5.41, 5.74) is 0. The molecule has 3 rings (SSSR count). The number of aromatic nitrogens is 2. The van der Waals surface area contributed by atoms with Crippen LogP contribution in [0.4, 0.5) is 9.59 Å². The Labute approximate surface area is 126 Å². The van der Waals surface area contributed by atoms with E-state index < -0.39 is 0 Å². The summed E-state index contributed by atoms with van der Waals surface area (Å²) in [6, 6.07) is -0.113. The minimum atomic E-state index is -0.272. The maximum Gasteiger partial charge on any atom is 0.410 e. The van der Waals surface area contributed by atoms with Crippen molar-refractivity contribution in [2.75, 3.05) is 32.8 Å². The summed E-state index contributed by atoms with van der Waals surface area (Å²) in [7, 11) is 0. The van der Waals surface area contributed by atoms with Gasteiger partial charge in [-0.1, -0.05) is 0 Å². The van der Waals surface area contributed by atoms with Gasteiger partial charge in [-0.05, 0) is 6.92 Å². The van der Waals surface area contributed by atoms with Crippen LogP contribution in [-0.2, 0) is 11.2 Å². The van der Waals surface area contributed by atoms with E-state index in [-0.39, 0.29) is 18.2 Å². The third kappa shape index (κ3) is 3.07. The van der Waals surface area contributed by atoms with Gasteiger partial charge in [-0.15, -0.1) is 21.5 Å². The van der Waals surface area contributed by atoms with Crippen LogP contribution in [0.1, 0.15) is 10.0 Å². The molecule has 114 valence electrons. The van der Waals surface area contributed by atoms with E-state index >= 15 is 0 Å². The molecule has 2 fully saturated rings. The fraction of sp³-hybridized carbons (Fsp3) is 0.667. The zero-order valence-corrected chi connectivity index (χ0v) is 12.6. The van der Waals surface area contributed by atoms with Crippen molar-refractivity contribution in [1.29, 1.82) is 0 Å². The smallest absolute Gasteiger partial charge is 0.410 e. The first kappa shape index (κ1) is 14.1. The first-order valence-corrected chi connectivity index (χ1v) is 7.70. The van der Waals surface area contributed by atoms with E-state index in [1.165, 1.54) is 11.3 Å². The predicted molar refractivity (Wildman–Crippen MR) is 75.2 cm³/mol. The van der Waals surface area contributed by atoms with Crippen LogP contribution in [0.15, 0.2) is 0 Å². The summed E-state index contributed by atoms with van der Waals surface area (Å²) in [4.78, 5) is 26.9. The highest BCUT2D eigenvalue weighted by Crippen LogP contribution is 2.17. The van der Waals surface area contributed by atoms with Gasteiger partial charge in [0.1, 0.15) is 16.6 Å². The molecule has 0 radical (unpaired) electrons. The van der Waals surface area contributed by atoms with E-state index in [0.29, 0.717) is 39.2 Å². The van der Waals surface area contributed by atoms with Gasteiger partial charge < -0.3 is 15.0 Å². The molecule has 0 aromatic carbocycles. The molecule has 1 N–H and O–H groups in total. The molecule has 2 saturated heterocycles. The van der Waals surface area contributed by atoms with E-state index in [1.807, 2.05) is 6.92 Å². The molecule has 9 heteroatoms. The summed E-state index contributed by atoms with van der Waals surface area (Å²) < 4.78 is 4.98. The van der Waals surface area contributed by atoms with Gasteiger partial charge in [0.2, 0.25) is 0 Å². The molecule has 2 aliphatic rings. The predicted octanol–water partition coefficient (Wildman–Crippen LogP) is 0.235. The zero-order valence-electron chi connectivity index (χ0n) is 11.7. The molecule has 0 aliphatic carbocycles. The molecule has 0 spiro atoms. The SMILES string of the molecule is Cc1nnc(CCNC(=O)N2CCN3C(=O)OC[C@@H]3C2)s1. The van der Waals surface area contributed by atoms with Crippen LogP contribution in [0, 0.1) is 6.92 Å². The Hall–Kier alpha value is -1.90. The minimum Gasteiger partial charge on any atom is -0.447 e. The fourth-order valence-electron chi connectivity index (χ4n) is 2.50. The Balaban J connectivity index is 1.44. The van der Waals surface area contributed by atoms with Gasteiger partial charge in [-0.25, -0.2) is 9.59 Å². The van der Waals surface area contributed by atoms with Crippen LogP contribution >= 0.6 is 11.3 Å². The lowest BCUT2D eigenvalue weighted by Crippen LogP contribution is -2.56. The molecule has 0 saturated carbocycles. The minimum absolute atomic E-state index is 0.0113. The number of carbonyl (C=O) groups excluding carboxylic acids is 2. The van der Waals surface area contributed by atoms with Gasteiger partial charge >= 0.3 is 12.1 Å². The number of hydrogen-bond acceptors (Lipinski definition) is 6. The molecular weight excluding hydrogens is 294 g/mol. The van der Waals surface area contributed by atoms with E-state index in [1.54, 1.807) is 9.80 Å². The number of hydrogen-bond donors (Lipinski definition) is 1. The number of carbonyl (C=O) groups is 2. The van der Waals surface area contributed by atoms with Crippen molar-refractivity contribution in [3.8, 4) is 0 Å². The van der Waals surface area contributed by atoms with Crippen LogP contribution in [-0.4, -0.2) is 70.9 Å². The summed E-state index contributed by atoms with van der Waals surface area (Å²) in [6.45, 7) is 4.40. The van der Waals surface area contributed by atoms with E-state index in [0.717, 1.165) is 10.0 Å². The monoisotopic (exact) mass is 311 g/mol. The van der Waals surface area contributed by atoms with Crippen molar-refractivity contribution >= 4 is 23.5 Å². The third-order valence-electron chi connectivity index (χ3n) is 3.59. The second kappa shape index (κ2) is 5.84. The molecule has 1 atom stereocenters. The fourth-order valence-corrected chi connectivity index (χ4v) is 3.21. The second-order valence-electron chi connectivity index (χ2n) is 5.07. The number of nitrogens with one attached hydrogen (secondary N) is 1. The quantitative estimate of drug-likeness (QED) is 0.863. The van der Waals surface area contributed by atoms with Gasteiger partial charge in [0.15, 0.2) is 0 Å². The van der Waals surface area contributed by atoms with Gasteiger partial charge in [0.25, 0.3) is 0 Å². The number of rotatable bonds is 3. The highest BCUT2D eigenvalue weighted by Gasteiger charge is 2.38. The van der Waals surface area contributed by atoms with Crippen LogP contribution < -0.4 is 5.32 Å². The first-order valence-electron chi connectivity index (χ1n) is 6.88.